The van der Waals surface area contributed by atoms with Gasteiger partial charge in [-0.3, -0.25) is 13.8 Å². The average molecular weight is 890 g/mol. The van der Waals surface area contributed by atoms with Crippen LogP contribution in [0.1, 0.15) is 187 Å². The Bertz CT molecular complexity index is 1170. The summed E-state index contributed by atoms with van der Waals surface area (Å²) in [7, 11) is -4.57. The van der Waals surface area contributed by atoms with Gasteiger partial charge < -0.3 is 44.8 Å². The van der Waals surface area contributed by atoms with Crippen LogP contribution in [0.25, 0.3) is 0 Å². The van der Waals surface area contributed by atoms with Gasteiger partial charge >= 0.3 is 13.8 Å². The number of aliphatic hydroxyl groups excluding tert-OH is 3. The van der Waals surface area contributed by atoms with Crippen LogP contribution in [0.5, 0.6) is 0 Å². The Labute approximate surface area is 369 Å². The monoisotopic (exact) mass is 890 g/mol. The number of carbonyl (C=O) groups excluding carboxylic acids is 1. The van der Waals surface area contributed by atoms with Crippen molar-refractivity contribution in [3.05, 3.63) is 36.6 Å². The predicted molar refractivity (Wildman–Crippen MR) is 243 cm³/mol. The van der Waals surface area contributed by atoms with Gasteiger partial charge in [-0.15, -0.1) is 0 Å². The summed E-state index contributed by atoms with van der Waals surface area (Å²) < 4.78 is 39.2. The zero-order valence-electron chi connectivity index (χ0n) is 38.1. The Morgan fingerprint density at radius 1 is 0.721 bits per heavy atom. The van der Waals surface area contributed by atoms with Gasteiger partial charge in [-0.2, -0.15) is 0 Å². The van der Waals surface area contributed by atoms with Crippen LogP contribution in [0.3, 0.4) is 0 Å². The lowest BCUT2D eigenvalue weighted by Crippen LogP contribution is -2.64. The number of esters is 1. The fourth-order valence-electron chi connectivity index (χ4n) is 6.96. The number of allylic oxidation sites excluding steroid dienone is 5. The molecule has 1 heterocycles. The molecule has 0 amide bonds. The van der Waals surface area contributed by atoms with E-state index in [9.17, 15) is 34.7 Å². The molecule has 1 rings (SSSR count). The van der Waals surface area contributed by atoms with E-state index in [0.717, 1.165) is 64.2 Å². The number of hydrogen-bond donors (Lipinski definition) is 6. The highest BCUT2D eigenvalue weighted by atomic mass is 31.2. The van der Waals surface area contributed by atoms with Crippen molar-refractivity contribution in [1.29, 1.82) is 0 Å². The highest BCUT2D eigenvalue weighted by Gasteiger charge is 2.48. The van der Waals surface area contributed by atoms with E-state index in [1.165, 1.54) is 96.3 Å². The molecule has 13 nitrogen and oxygen atoms in total. The molecule has 1 aliphatic rings. The highest BCUT2D eigenvalue weighted by molar-refractivity contribution is 7.47. The second-order valence-electron chi connectivity index (χ2n) is 16.6. The summed E-state index contributed by atoms with van der Waals surface area (Å²) >= 11 is 0. The van der Waals surface area contributed by atoms with Gasteiger partial charge in [0.2, 0.25) is 5.79 Å². The number of aliphatic hydroxyl groups is 4. The summed E-state index contributed by atoms with van der Waals surface area (Å²) in [6.45, 7) is 2.88. The van der Waals surface area contributed by atoms with Crippen LogP contribution in [-0.4, -0.2) is 101 Å². The van der Waals surface area contributed by atoms with Crippen molar-refractivity contribution < 1.29 is 57.9 Å². The van der Waals surface area contributed by atoms with Crippen LogP contribution >= 0.6 is 7.82 Å². The summed E-state index contributed by atoms with van der Waals surface area (Å²) in [5.41, 5.74) is 0. The lowest BCUT2D eigenvalue weighted by molar-refractivity contribution is -0.317. The van der Waals surface area contributed by atoms with E-state index in [4.69, 9.17) is 23.3 Å². The van der Waals surface area contributed by atoms with E-state index in [1.807, 2.05) is 6.08 Å². The van der Waals surface area contributed by atoms with Gasteiger partial charge in [0.25, 0.3) is 0 Å². The minimum absolute atomic E-state index is 0.0515. The van der Waals surface area contributed by atoms with Crippen molar-refractivity contribution in [2.75, 3.05) is 39.5 Å². The van der Waals surface area contributed by atoms with E-state index in [0.29, 0.717) is 6.42 Å². The number of ether oxygens (including phenoxy) is 3. The molecule has 1 saturated heterocycles. The van der Waals surface area contributed by atoms with Crippen molar-refractivity contribution in [1.82, 2.24) is 5.32 Å². The van der Waals surface area contributed by atoms with E-state index < -0.39 is 50.6 Å². The van der Waals surface area contributed by atoms with E-state index in [2.05, 4.69) is 43.5 Å². The summed E-state index contributed by atoms with van der Waals surface area (Å²) in [5, 5.41) is 42.7. The molecular weight excluding hydrogens is 801 g/mol. The van der Waals surface area contributed by atoms with Crippen molar-refractivity contribution >= 4 is 13.8 Å². The summed E-state index contributed by atoms with van der Waals surface area (Å²) in [6, 6.07) is 0. The largest absolute Gasteiger partial charge is 0.498 e. The molecule has 6 atom stereocenters. The van der Waals surface area contributed by atoms with Gasteiger partial charge in [0.15, 0.2) is 6.10 Å². The molecule has 14 heteroatoms. The fourth-order valence-corrected chi connectivity index (χ4v) is 7.71. The number of rotatable bonds is 42. The van der Waals surface area contributed by atoms with Crippen LogP contribution in [0.15, 0.2) is 36.6 Å². The SMILES string of the molecule is CCCCC/C=C\C/C=C\CCCCCCCC(=O)O[C@H](CO/C=C\CCCCCCCCCCCCCCCC)COP(=O)(O)OCCNC[C@@]1(O)OC[C@@H](O)[C@@H](O)[C@@H]1O. The first-order valence-electron chi connectivity index (χ1n) is 24.0. The zero-order valence-corrected chi connectivity index (χ0v) is 39.0. The smallest absolute Gasteiger partial charge is 0.472 e. The van der Waals surface area contributed by atoms with Crippen molar-refractivity contribution in [2.45, 2.75) is 217 Å². The first-order valence-corrected chi connectivity index (χ1v) is 25.5. The van der Waals surface area contributed by atoms with Gasteiger partial charge in [-0.25, -0.2) is 4.57 Å². The maximum Gasteiger partial charge on any atom is 0.472 e. The third kappa shape index (κ3) is 32.6. The van der Waals surface area contributed by atoms with Crippen molar-refractivity contribution in [3.63, 3.8) is 0 Å². The zero-order chi connectivity index (χ0) is 44.7. The van der Waals surface area contributed by atoms with E-state index in [-0.39, 0.29) is 39.3 Å². The van der Waals surface area contributed by atoms with Gasteiger partial charge in [0.05, 0.1) is 32.6 Å². The molecule has 0 aromatic rings. The van der Waals surface area contributed by atoms with Gasteiger partial charge in [-0.1, -0.05) is 154 Å². The summed E-state index contributed by atoms with van der Waals surface area (Å²) in [4.78, 5) is 23.0. The van der Waals surface area contributed by atoms with Crippen LogP contribution in [0.4, 0.5) is 0 Å². The Kier molecular flexibility index (Phi) is 36.5. The Morgan fingerprint density at radius 2 is 1.23 bits per heavy atom. The molecule has 0 saturated carbocycles. The molecule has 1 unspecified atom stereocenters. The second-order valence-corrected chi connectivity index (χ2v) is 18.1. The minimum atomic E-state index is -4.57. The van der Waals surface area contributed by atoms with Gasteiger partial charge in [-0.05, 0) is 57.4 Å². The molecule has 0 bridgehead atoms. The molecule has 0 aliphatic carbocycles. The van der Waals surface area contributed by atoms with Crippen molar-refractivity contribution in [2.24, 2.45) is 0 Å². The number of phosphoric ester groups is 1. The van der Waals surface area contributed by atoms with E-state index in [1.54, 1.807) is 6.26 Å². The molecule has 6 N–H and O–H groups in total. The Morgan fingerprint density at radius 3 is 1.82 bits per heavy atom. The minimum Gasteiger partial charge on any atom is -0.498 e. The Balaban J connectivity index is 2.39. The number of hydrogen-bond acceptors (Lipinski definition) is 12. The van der Waals surface area contributed by atoms with Crippen molar-refractivity contribution in [3.8, 4) is 0 Å². The summed E-state index contributed by atoms with van der Waals surface area (Å²) in [5.74, 6) is -2.60. The fraction of sp³-hybridized carbons (Fsp3) is 0.851. The number of nitrogens with one attached hydrogen (secondary N) is 1. The third-order valence-corrected chi connectivity index (χ3v) is 11.8. The molecule has 1 fully saturated rings. The molecule has 0 radical (unpaired) electrons. The normalized spacial score (nSPS) is 21.1. The highest BCUT2D eigenvalue weighted by Crippen LogP contribution is 2.43. The van der Waals surface area contributed by atoms with Gasteiger partial charge in [0.1, 0.15) is 24.9 Å². The molecule has 0 aromatic heterocycles. The lowest BCUT2D eigenvalue weighted by atomic mass is 9.97. The maximum atomic E-state index is 12.8. The topological polar surface area (TPSA) is 193 Å². The molecule has 0 aromatic carbocycles. The van der Waals surface area contributed by atoms with Crippen LogP contribution < -0.4 is 5.32 Å². The van der Waals surface area contributed by atoms with Gasteiger partial charge in [0, 0.05) is 13.0 Å². The maximum absolute atomic E-state index is 12.8. The first-order chi connectivity index (χ1) is 29.5. The number of carbonyl (C=O) groups is 1. The van der Waals surface area contributed by atoms with Crippen LogP contribution in [0.2, 0.25) is 0 Å². The average Bonchev–Trinajstić information content (AvgIpc) is 3.24. The molecule has 358 valence electrons. The quantitative estimate of drug-likeness (QED) is 0.0112. The number of unbranched alkanes of at least 4 members (excludes halogenated alkanes) is 22. The third-order valence-electron chi connectivity index (χ3n) is 10.8. The predicted octanol–water partition coefficient (Wildman–Crippen LogP) is 9.64. The molecule has 1 aliphatic heterocycles. The van der Waals surface area contributed by atoms with Crippen LogP contribution in [0, 0.1) is 0 Å². The summed E-state index contributed by atoms with van der Waals surface area (Å²) in [6.07, 6.45) is 38.0. The second kappa shape index (κ2) is 38.8. The first kappa shape index (κ1) is 57.4. The lowest BCUT2D eigenvalue weighted by Gasteiger charge is -2.41. The molecular formula is C47H88NO12P. The van der Waals surface area contributed by atoms with Crippen LogP contribution in [-0.2, 0) is 32.6 Å². The molecule has 61 heavy (non-hydrogen) atoms. The standard InChI is InChI=1S/C47H88NO12P/c1-3-5-7-9-11-13-15-17-19-21-23-25-27-29-31-33-36-56-38-42(60-44(50)34-32-30-28-26-24-22-20-18-16-14-12-10-8-6-4-2)39-59-61(54,55)58-37-35-48-41-47(53)46(52)45(51)43(49)40-57-47/h12,14,18,20,33,36,42-43,45-46,48-49,51-53H,3-11,13,15-17,19,21-32,34-35,37-41H2,1-2H3,(H,54,55)/b14-12-,20-18-,36-33-/t42-,43-,45-,46+,47-/m1/s1. The molecule has 0 spiro atoms. The number of phosphoric acid groups is 1. The Hall–Kier alpha value is -1.64. The van der Waals surface area contributed by atoms with E-state index >= 15 is 0 Å².